The molecule has 0 aliphatic carbocycles. The summed E-state index contributed by atoms with van der Waals surface area (Å²) in [5, 5.41) is 0.382. The first-order valence-corrected chi connectivity index (χ1v) is 9.07. The molecule has 0 saturated heterocycles. The van der Waals surface area contributed by atoms with E-state index >= 15 is 0 Å². The first-order chi connectivity index (χ1) is 13.2. The van der Waals surface area contributed by atoms with Gasteiger partial charge in [0.25, 0.3) is 0 Å². The smallest absolute Gasteiger partial charge is 0.430 e. The van der Waals surface area contributed by atoms with E-state index in [1.807, 2.05) is 31.2 Å². The van der Waals surface area contributed by atoms with Gasteiger partial charge in [0, 0.05) is 10.6 Å². The first-order valence-electron chi connectivity index (χ1n) is 8.69. The molecule has 1 aliphatic rings. The maximum Gasteiger partial charge on any atom is 0.430 e. The van der Waals surface area contributed by atoms with Crippen LogP contribution in [0.5, 0.6) is 5.75 Å². The Bertz CT molecular complexity index is 918. The Morgan fingerprint density at radius 2 is 1.89 bits per heavy atom. The highest BCUT2D eigenvalue weighted by molar-refractivity contribution is 6.31. The third-order valence-corrected chi connectivity index (χ3v) is 4.69. The van der Waals surface area contributed by atoms with E-state index in [1.165, 1.54) is 19.1 Å². The number of esters is 1. The van der Waals surface area contributed by atoms with E-state index in [0.717, 1.165) is 17.2 Å². The standard InChI is InChI=1S/C21H18ClF3O3/c1-3-27-20(26)16-9-15-10-17(22)14(8-13-6-4-12(2)5-7-13)11-18(15)28-19(16)21(23,24)25/h4-7,9-11,19H,3,8H2,1-2H3. The van der Waals surface area contributed by atoms with Crippen molar-refractivity contribution in [3.63, 3.8) is 0 Å². The molecule has 28 heavy (non-hydrogen) atoms. The summed E-state index contributed by atoms with van der Waals surface area (Å²) in [5.74, 6) is -1.03. The summed E-state index contributed by atoms with van der Waals surface area (Å²) in [6.45, 7) is 3.45. The van der Waals surface area contributed by atoms with Crippen LogP contribution in [0, 0.1) is 6.92 Å². The van der Waals surface area contributed by atoms with E-state index < -0.39 is 23.8 Å². The molecule has 2 aromatic rings. The molecule has 1 aliphatic heterocycles. The number of rotatable bonds is 4. The molecule has 1 heterocycles. The quantitative estimate of drug-likeness (QED) is 0.623. The molecule has 0 bridgehead atoms. The molecule has 0 aromatic heterocycles. The van der Waals surface area contributed by atoms with Crippen LogP contribution in [0.1, 0.15) is 29.2 Å². The monoisotopic (exact) mass is 410 g/mol. The van der Waals surface area contributed by atoms with Crippen LogP contribution in [-0.4, -0.2) is 24.9 Å². The number of hydrogen-bond donors (Lipinski definition) is 0. The molecule has 3 nitrogen and oxygen atoms in total. The van der Waals surface area contributed by atoms with E-state index in [4.69, 9.17) is 21.1 Å². The van der Waals surface area contributed by atoms with Crippen molar-refractivity contribution in [3.05, 3.63) is 69.2 Å². The van der Waals surface area contributed by atoms with Crippen molar-refractivity contribution < 1.29 is 27.4 Å². The van der Waals surface area contributed by atoms with Gasteiger partial charge in [0.15, 0.2) is 0 Å². The van der Waals surface area contributed by atoms with E-state index in [9.17, 15) is 18.0 Å². The van der Waals surface area contributed by atoms with Gasteiger partial charge in [-0.2, -0.15) is 13.2 Å². The number of halogens is 4. The van der Waals surface area contributed by atoms with Gasteiger partial charge in [0.05, 0.1) is 12.2 Å². The van der Waals surface area contributed by atoms with E-state index in [1.54, 1.807) is 0 Å². The Morgan fingerprint density at radius 1 is 1.21 bits per heavy atom. The lowest BCUT2D eigenvalue weighted by Crippen LogP contribution is -2.40. The molecule has 1 unspecified atom stereocenters. The summed E-state index contributed by atoms with van der Waals surface area (Å²) in [6.07, 6.45) is -5.56. The van der Waals surface area contributed by atoms with Crippen LogP contribution < -0.4 is 4.74 Å². The van der Waals surface area contributed by atoms with Gasteiger partial charge in [-0.1, -0.05) is 41.4 Å². The summed E-state index contributed by atoms with van der Waals surface area (Å²) >= 11 is 6.33. The van der Waals surface area contributed by atoms with Gasteiger partial charge in [-0.3, -0.25) is 0 Å². The summed E-state index contributed by atoms with van der Waals surface area (Å²) in [6, 6.07) is 10.8. The van der Waals surface area contributed by atoms with Crippen LogP contribution >= 0.6 is 11.6 Å². The fraction of sp³-hybridized carbons (Fsp3) is 0.286. The lowest BCUT2D eigenvalue weighted by molar-refractivity contribution is -0.187. The van der Waals surface area contributed by atoms with Crippen LogP contribution in [0.25, 0.3) is 6.08 Å². The number of fused-ring (bicyclic) bond motifs is 1. The highest BCUT2D eigenvalue weighted by atomic mass is 35.5. The Labute approximate surface area is 165 Å². The predicted molar refractivity (Wildman–Crippen MR) is 101 cm³/mol. The molecule has 2 aromatic carbocycles. The zero-order valence-electron chi connectivity index (χ0n) is 15.3. The number of benzene rings is 2. The van der Waals surface area contributed by atoms with Crippen molar-refractivity contribution in [2.24, 2.45) is 0 Å². The summed E-state index contributed by atoms with van der Waals surface area (Å²) in [7, 11) is 0. The summed E-state index contributed by atoms with van der Waals surface area (Å²) < 4.78 is 50.3. The molecule has 0 spiro atoms. The van der Waals surface area contributed by atoms with E-state index in [2.05, 4.69) is 0 Å². The molecule has 0 fully saturated rings. The fourth-order valence-electron chi connectivity index (χ4n) is 2.94. The molecule has 1 atom stereocenters. The second-order valence-electron chi connectivity index (χ2n) is 6.50. The van der Waals surface area contributed by atoms with Gasteiger partial charge >= 0.3 is 12.1 Å². The Balaban J connectivity index is 1.99. The molecule has 0 saturated carbocycles. The maximum atomic E-state index is 13.5. The average molecular weight is 411 g/mol. The summed E-state index contributed by atoms with van der Waals surface area (Å²) in [5.41, 5.74) is 2.43. The molecule has 148 valence electrons. The van der Waals surface area contributed by atoms with Gasteiger partial charge in [-0.05, 0) is 49.6 Å². The molecule has 3 rings (SSSR count). The zero-order valence-corrected chi connectivity index (χ0v) is 16.0. The molecule has 0 radical (unpaired) electrons. The lowest BCUT2D eigenvalue weighted by atomic mass is 9.97. The second-order valence-corrected chi connectivity index (χ2v) is 6.91. The van der Waals surface area contributed by atoms with Crippen molar-refractivity contribution >= 4 is 23.6 Å². The van der Waals surface area contributed by atoms with Crippen LogP contribution in [0.2, 0.25) is 5.02 Å². The van der Waals surface area contributed by atoms with Crippen molar-refractivity contribution in [1.29, 1.82) is 0 Å². The topological polar surface area (TPSA) is 35.5 Å². The largest absolute Gasteiger partial charge is 0.475 e. The minimum absolute atomic E-state index is 0.0295. The molecule has 7 heteroatoms. The number of aryl methyl sites for hydroxylation is 1. The van der Waals surface area contributed by atoms with Crippen molar-refractivity contribution in [1.82, 2.24) is 0 Å². The highest BCUT2D eigenvalue weighted by Crippen LogP contribution is 2.40. The van der Waals surface area contributed by atoms with Crippen LogP contribution in [-0.2, 0) is 16.0 Å². The Hall–Kier alpha value is -2.47. The molecule has 0 N–H and O–H groups in total. The zero-order chi connectivity index (χ0) is 20.5. The highest BCUT2D eigenvalue weighted by Gasteiger charge is 2.48. The lowest BCUT2D eigenvalue weighted by Gasteiger charge is -2.28. The Kier molecular flexibility index (Phi) is 5.70. The van der Waals surface area contributed by atoms with E-state index in [0.29, 0.717) is 22.6 Å². The van der Waals surface area contributed by atoms with Gasteiger partial charge < -0.3 is 9.47 Å². The molecule has 0 amide bonds. The summed E-state index contributed by atoms with van der Waals surface area (Å²) in [4.78, 5) is 12.0. The minimum Gasteiger partial charge on any atom is -0.475 e. The van der Waals surface area contributed by atoms with Gasteiger partial charge in [0.1, 0.15) is 5.75 Å². The fourth-order valence-corrected chi connectivity index (χ4v) is 3.18. The Morgan fingerprint density at radius 3 is 2.50 bits per heavy atom. The normalized spacial score (nSPS) is 16.1. The van der Waals surface area contributed by atoms with Crippen molar-refractivity contribution in [2.45, 2.75) is 32.5 Å². The van der Waals surface area contributed by atoms with Crippen LogP contribution in [0.15, 0.2) is 42.0 Å². The maximum absolute atomic E-state index is 13.5. The molecular formula is C21H18ClF3O3. The number of alkyl halides is 3. The number of carbonyl (C=O) groups is 1. The van der Waals surface area contributed by atoms with Gasteiger partial charge in [-0.25, -0.2) is 4.79 Å². The van der Waals surface area contributed by atoms with E-state index in [-0.39, 0.29) is 12.4 Å². The van der Waals surface area contributed by atoms with Gasteiger partial charge in [-0.15, -0.1) is 0 Å². The van der Waals surface area contributed by atoms with Crippen molar-refractivity contribution in [3.8, 4) is 5.75 Å². The molecular weight excluding hydrogens is 393 g/mol. The number of hydrogen-bond acceptors (Lipinski definition) is 3. The third kappa shape index (κ3) is 4.33. The SMILES string of the molecule is CCOC(=O)C1=Cc2cc(Cl)c(Cc3ccc(C)cc3)cc2OC1C(F)(F)F. The first kappa shape index (κ1) is 20.3. The number of ether oxygens (including phenoxy) is 2. The second kappa shape index (κ2) is 7.87. The van der Waals surface area contributed by atoms with Crippen molar-refractivity contribution in [2.75, 3.05) is 6.61 Å². The third-order valence-electron chi connectivity index (χ3n) is 4.34. The van der Waals surface area contributed by atoms with Crippen LogP contribution in [0.3, 0.4) is 0 Å². The van der Waals surface area contributed by atoms with Gasteiger partial charge in [0.2, 0.25) is 6.10 Å². The number of carbonyl (C=O) groups excluding carboxylic acids is 1. The minimum atomic E-state index is -4.76. The van der Waals surface area contributed by atoms with Crippen LogP contribution in [0.4, 0.5) is 13.2 Å². The average Bonchev–Trinajstić information content (AvgIpc) is 2.62. The predicted octanol–water partition coefficient (Wildman–Crippen LogP) is 5.51.